The maximum atomic E-state index is 6.28. The Kier molecular flexibility index (Phi) is 5.38. The number of aromatic nitrogens is 2. The van der Waals surface area contributed by atoms with E-state index in [2.05, 4.69) is 10.2 Å². The second kappa shape index (κ2) is 7.48. The minimum absolute atomic E-state index is 0.562. The third kappa shape index (κ3) is 3.83. The van der Waals surface area contributed by atoms with Crippen LogP contribution >= 0.6 is 35.1 Å². The molecule has 0 atom stereocenters. The summed E-state index contributed by atoms with van der Waals surface area (Å²) in [7, 11) is 0. The summed E-state index contributed by atoms with van der Waals surface area (Å²) in [5, 5.41) is 9.14. The molecule has 0 unspecified atom stereocenters. The van der Waals surface area contributed by atoms with Crippen molar-refractivity contribution < 1.29 is 13.9 Å². The number of hydrogen-bond acceptors (Lipinski definition) is 7. The molecule has 0 N–H and O–H groups in total. The van der Waals surface area contributed by atoms with Gasteiger partial charge in [0.1, 0.15) is 0 Å². The van der Waals surface area contributed by atoms with Crippen LogP contribution in [0.25, 0.3) is 0 Å². The van der Waals surface area contributed by atoms with Gasteiger partial charge in [-0.2, -0.15) is 11.8 Å². The fourth-order valence-electron chi connectivity index (χ4n) is 1.99. The van der Waals surface area contributed by atoms with E-state index in [1.165, 1.54) is 11.8 Å². The van der Waals surface area contributed by atoms with Crippen LogP contribution in [0.2, 0.25) is 5.02 Å². The molecule has 22 heavy (non-hydrogen) atoms. The zero-order valence-corrected chi connectivity index (χ0v) is 14.4. The normalized spacial score (nSPS) is 13.9. The molecular formula is C14H15ClN2O3S2. The standard InChI is InChI=1S/C14H15ClN2O3S2/c1-21-8-12-16-17-14(20-12)22-7-9-5-10(15)13-11(6-9)18-3-2-4-19-13/h5-6H,2-4,7-8H2,1H3. The highest BCUT2D eigenvalue weighted by Gasteiger charge is 2.16. The molecule has 118 valence electrons. The van der Waals surface area contributed by atoms with E-state index < -0.39 is 0 Å². The zero-order chi connectivity index (χ0) is 15.4. The summed E-state index contributed by atoms with van der Waals surface area (Å²) in [6.07, 6.45) is 2.85. The molecule has 1 aliphatic heterocycles. The van der Waals surface area contributed by atoms with E-state index in [9.17, 15) is 0 Å². The first-order valence-electron chi connectivity index (χ1n) is 6.78. The molecule has 1 aromatic heterocycles. The number of thioether (sulfide) groups is 2. The summed E-state index contributed by atoms with van der Waals surface area (Å²) in [5.41, 5.74) is 1.03. The van der Waals surface area contributed by atoms with E-state index >= 15 is 0 Å². The number of fused-ring (bicyclic) bond motifs is 1. The smallest absolute Gasteiger partial charge is 0.276 e. The molecule has 0 saturated heterocycles. The van der Waals surface area contributed by atoms with E-state index in [1.54, 1.807) is 11.8 Å². The van der Waals surface area contributed by atoms with Crippen LogP contribution in [0, 0.1) is 0 Å². The van der Waals surface area contributed by atoms with Gasteiger partial charge >= 0.3 is 0 Å². The molecule has 2 heterocycles. The van der Waals surface area contributed by atoms with Crippen LogP contribution in [-0.2, 0) is 11.5 Å². The average molecular weight is 359 g/mol. The number of nitrogens with zero attached hydrogens (tertiary/aromatic N) is 2. The highest BCUT2D eigenvalue weighted by atomic mass is 35.5. The second-order valence-electron chi connectivity index (χ2n) is 4.64. The Morgan fingerprint density at radius 1 is 1.18 bits per heavy atom. The lowest BCUT2D eigenvalue weighted by atomic mass is 10.2. The van der Waals surface area contributed by atoms with Gasteiger partial charge < -0.3 is 13.9 Å². The summed E-state index contributed by atoms with van der Waals surface area (Å²) >= 11 is 9.41. The Labute approximate surface area is 142 Å². The Hall–Kier alpha value is -1.05. The Morgan fingerprint density at radius 2 is 2.05 bits per heavy atom. The third-order valence-electron chi connectivity index (χ3n) is 2.94. The predicted molar refractivity (Wildman–Crippen MR) is 88.1 cm³/mol. The van der Waals surface area contributed by atoms with Gasteiger partial charge in [0.2, 0.25) is 5.89 Å². The van der Waals surface area contributed by atoms with Crippen LogP contribution in [0.1, 0.15) is 17.9 Å². The molecule has 1 aromatic carbocycles. The van der Waals surface area contributed by atoms with Gasteiger partial charge in [0.05, 0.1) is 24.0 Å². The van der Waals surface area contributed by atoms with Crippen LogP contribution in [0.15, 0.2) is 21.8 Å². The molecule has 1 aliphatic rings. The molecule has 0 aliphatic carbocycles. The topological polar surface area (TPSA) is 57.4 Å². The van der Waals surface area contributed by atoms with Crippen molar-refractivity contribution in [3.05, 3.63) is 28.6 Å². The van der Waals surface area contributed by atoms with Gasteiger partial charge in [-0.15, -0.1) is 10.2 Å². The summed E-state index contributed by atoms with van der Waals surface area (Å²) < 4.78 is 16.8. The predicted octanol–water partition coefficient (Wildman–Crippen LogP) is 4.04. The number of hydrogen-bond donors (Lipinski definition) is 0. The monoisotopic (exact) mass is 358 g/mol. The quantitative estimate of drug-likeness (QED) is 0.747. The van der Waals surface area contributed by atoms with Crippen molar-refractivity contribution in [1.29, 1.82) is 0 Å². The SMILES string of the molecule is CSCc1nnc(SCc2cc(Cl)c3c(c2)OCCCO3)o1. The van der Waals surface area contributed by atoms with Gasteiger partial charge in [-0.3, -0.25) is 0 Å². The lowest BCUT2D eigenvalue weighted by molar-refractivity contribution is 0.297. The summed E-state index contributed by atoms with van der Waals surface area (Å²) in [4.78, 5) is 0. The Bertz CT molecular complexity index is 651. The maximum Gasteiger partial charge on any atom is 0.276 e. The first-order chi connectivity index (χ1) is 10.8. The van der Waals surface area contributed by atoms with Gasteiger partial charge in [-0.25, -0.2) is 0 Å². The van der Waals surface area contributed by atoms with Gasteiger partial charge in [0.25, 0.3) is 5.22 Å². The number of ether oxygens (including phenoxy) is 2. The highest BCUT2D eigenvalue weighted by Crippen LogP contribution is 2.39. The Morgan fingerprint density at radius 3 is 2.91 bits per heavy atom. The summed E-state index contributed by atoms with van der Waals surface area (Å²) in [6.45, 7) is 1.27. The van der Waals surface area contributed by atoms with Gasteiger partial charge in [0.15, 0.2) is 11.5 Å². The number of benzene rings is 1. The highest BCUT2D eigenvalue weighted by molar-refractivity contribution is 7.98. The van der Waals surface area contributed by atoms with E-state index in [0.717, 1.165) is 17.7 Å². The van der Waals surface area contributed by atoms with Crippen LogP contribution in [0.4, 0.5) is 0 Å². The van der Waals surface area contributed by atoms with E-state index in [4.69, 9.17) is 25.5 Å². The molecule has 0 fully saturated rings. The molecule has 0 amide bonds. The lowest BCUT2D eigenvalue weighted by Crippen LogP contribution is -1.97. The molecule has 3 rings (SSSR count). The molecule has 8 heteroatoms. The zero-order valence-electron chi connectivity index (χ0n) is 12.0. The largest absolute Gasteiger partial charge is 0.489 e. The van der Waals surface area contributed by atoms with E-state index in [0.29, 0.717) is 46.6 Å². The van der Waals surface area contributed by atoms with Crippen molar-refractivity contribution in [2.45, 2.75) is 23.1 Å². The molecule has 0 spiro atoms. The van der Waals surface area contributed by atoms with Crippen molar-refractivity contribution in [1.82, 2.24) is 10.2 Å². The van der Waals surface area contributed by atoms with E-state index in [1.807, 2.05) is 18.4 Å². The van der Waals surface area contributed by atoms with Crippen molar-refractivity contribution in [3.63, 3.8) is 0 Å². The van der Waals surface area contributed by atoms with E-state index in [-0.39, 0.29) is 0 Å². The summed E-state index contributed by atoms with van der Waals surface area (Å²) in [5.74, 6) is 3.38. The van der Waals surface area contributed by atoms with Crippen LogP contribution in [-0.4, -0.2) is 29.7 Å². The van der Waals surface area contributed by atoms with Gasteiger partial charge in [-0.05, 0) is 24.0 Å². The molecule has 5 nitrogen and oxygen atoms in total. The van der Waals surface area contributed by atoms with Gasteiger partial charge in [0, 0.05) is 12.2 Å². The lowest BCUT2D eigenvalue weighted by Gasteiger charge is -2.10. The molecule has 2 aromatic rings. The minimum Gasteiger partial charge on any atom is -0.489 e. The van der Waals surface area contributed by atoms with Gasteiger partial charge in [-0.1, -0.05) is 23.4 Å². The second-order valence-corrected chi connectivity index (χ2v) is 6.84. The minimum atomic E-state index is 0.562. The van der Waals surface area contributed by atoms with Crippen LogP contribution in [0.3, 0.4) is 0 Å². The first kappa shape index (κ1) is 15.8. The Balaban J connectivity index is 1.69. The van der Waals surface area contributed by atoms with Crippen LogP contribution in [0.5, 0.6) is 11.5 Å². The molecule has 0 saturated carbocycles. The molecular weight excluding hydrogens is 344 g/mol. The fraction of sp³-hybridized carbons (Fsp3) is 0.429. The molecule has 0 radical (unpaired) electrons. The first-order valence-corrected chi connectivity index (χ1v) is 9.54. The van der Waals surface area contributed by atoms with Crippen molar-refractivity contribution in [3.8, 4) is 11.5 Å². The average Bonchev–Trinajstić information content (AvgIpc) is 2.81. The number of halogens is 1. The van der Waals surface area contributed by atoms with Crippen molar-refractivity contribution in [2.75, 3.05) is 19.5 Å². The van der Waals surface area contributed by atoms with Crippen molar-refractivity contribution in [2.24, 2.45) is 0 Å². The fourth-order valence-corrected chi connectivity index (χ4v) is 3.35. The molecule has 0 bridgehead atoms. The number of rotatable bonds is 5. The van der Waals surface area contributed by atoms with Crippen molar-refractivity contribution >= 4 is 35.1 Å². The van der Waals surface area contributed by atoms with Crippen LogP contribution < -0.4 is 9.47 Å². The maximum absolute atomic E-state index is 6.28. The summed E-state index contributed by atoms with van der Waals surface area (Å²) in [6, 6.07) is 3.85. The third-order valence-corrected chi connectivity index (χ3v) is 4.65.